The normalized spacial score (nSPS) is 18.9. The van der Waals surface area contributed by atoms with Gasteiger partial charge in [0.25, 0.3) is 0 Å². The Hall–Kier alpha value is -1.22. The summed E-state index contributed by atoms with van der Waals surface area (Å²) in [7, 11) is 0. The maximum atomic E-state index is 13.0. The number of Topliss-reactive ketones (excluding diaryl/α,β-unsaturated/α-hetero) is 1. The summed E-state index contributed by atoms with van der Waals surface area (Å²) in [5.41, 5.74) is -0.543. The molecule has 1 fully saturated rings. The number of aliphatic hydroxyl groups is 1. The van der Waals surface area contributed by atoms with Crippen molar-refractivity contribution in [1.29, 1.82) is 0 Å². The number of hydrogen-bond acceptors (Lipinski definition) is 2. The molecule has 1 aromatic rings. The van der Waals surface area contributed by atoms with Crippen LogP contribution in [0.15, 0.2) is 24.3 Å². The van der Waals surface area contributed by atoms with Crippen molar-refractivity contribution in [2.75, 3.05) is 0 Å². The molecule has 0 saturated heterocycles. The Morgan fingerprint density at radius 2 is 2.00 bits per heavy atom. The molecule has 1 aromatic carbocycles. The molecule has 0 atom stereocenters. The number of ketones is 1. The highest BCUT2D eigenvalue weighted by Gasteiger charge is 2.36. The van der Waals surface area contributed by atoms with E-state index in [1.165, 1.54) is 12.1 Å². The lowest BCUT2D eigenvalue weighted by Gasteiger charge is -2.30. The molecule has 92 valence electrons. The molecule has 0 unspecified atom stereocenters. The molecule has 0 spiro atoms. The highest BCUT2D eigenvalue weighted by atomic mass is 19.1. The second-order valence-electron chi connectivity index (χ2n) is 4.82. The van der Waals surface area contributed by atoms with Crippen LogP contribution in [0.2, 0.25) is 0 Å². The first-order valence-electron chi connectivity index (χ1n) is 6.10. The van der Waals surface area contributed by atoms with E-state index in [0.29, 0.717) is 18.4 Å². The maximum Gasteiger partial charge on any atom is 0.168 e. The summed E-state index contributed by atoms with van der Waals surface area (Å²) in [5.74, 6) is -0.520. The quantitative estimate of drug-likeness (QED) is 0.876. The Labute approximate surface area is 100 Å². The van der Waals surface area contributed by atoms with E-state index in [2.05, 4.69) is 0 Å². The van der Waals surface area contributed by atoms with E-state index in [-0.39, 0.29) is 18.0 Å². The average Bonchev–Trinajstić information content (AvgIpc) is 2.30. The Kier molecular flexibility index (Phi) is 3.57. The Morgan fingerprint density at radius 1 is 1.29 bits per heavy atom. The van der Waals surface area contributed by atoms with Gasteiger partial charge < -0.3 is 5.11 Å². The molecule has 17 heavy (non-hydrogen) atoms. The molecule has 1 aliphatic carbocycles. The molecular weight excluding hydrogens is 219 g/mol. The SMILES string of the molecule is O=C(Cc1cccc(F)c1)C1(O)CCCCC1. The summed E-state index contributed by atoms with van der Waals surface area (Å²) in [5, 5.41) is 10.2. The number of rotatable bonds is 3. The minimum Gasteiger partial charge on any atom is -0.382 e. The van der Waals surface area contributed by atoms with Crippen molar-refractivity contribution in [3.05, 3.63) is 35.6 Å². The second-order valence-corrected chi connectivity index (χ2v) is 4.82. The van der Waals surface area contributed by atoms with Gasteiger partial charge in [0, 0.05) is 6.42 Å². The first-order valence-corrected chi connectivity index (χ1v) is 6.10. The molecule has 2 rings (SSSR count). The van der Waals surface area contributed by atoms with Gasteiger partial charge in [0.15, 0.2) is 5.78 Å². The number of carbonyl (C=O) groups excluding carboxylic acids is 1. The zero-order chi connectivity index (χ0) is 12.3. The molecule has 0 aromatic heterocycles. The average molecular weight is 236 g/mol. The van der Waals surface area contributed by atoms with Crippen molar-refractivity contribution in [3.63, 3.8) is 0 Å². The van der Waals surface area contributed by atoms with Gasteiger partial charge in [-0.1, -0.05) is 31.4 Å². The monoisotopic (exact) mass is 236 g/mol. The van der Waals surface area contributed by atoms with Crippen LogP contribution in [0.4, 0.5) is 4.39 Å². The van der Waals surface area contributed by atoms with Crippen molar-refractivity contribution >= 4 is 5.78 Å². The molecule has 0 aliphatic heterocycles. The molecule has 1 saturated carbocycles. The number of halogens is 1. The van der Waals surface area contributed by atoms with E-state index in [4.69, 9.17) is 0 Å². The molecule has 1 N–H and O–H groups in total. The van der Waals surface area contributed by atoms with Crippen LogP contribution in [0.1, 0.15) is 37.7 Å². The van der Waals surface area contributed by atoms with Crippen LogP contribution >= 0.6 is 0 Å². The minimum atomic E-state index is -1.18. The fourth-order valence-corrected chi connectivity index (χ4v) is 2.41. The third-order valence-corrected chi connectivity index (χ3v) is 3.45. The predicted octanol–water partition coefficient (Wildman–Crippen LogP) is 2.63. The van der Waals surface area contributed by atoms with Crippen molar-refractivity contribution in [3.8, 4) is 0 Å². The lowest BCUT2D eigenvalue weighted by atomic mass is 9.80. The number of benzene rings is 1. The first-order chi connectivity index (χ1) is 8.10. The van der Waals surface area contributed by atoms with Crippen LogP contribution < -0.4 is 0 Å². The highest BCUT2D eigenvalue weighted by Crippen LogP contribution is 2.29. The van der Waals surface area contributed by atoms with Gasteiger partial charge in [-0.3, -0.25) is 4.79 Å². The van der Waals surface area contributed by atoms with Gasteiger partial charge in [-0.05, 0) is 30.5 Å². The fraction of sp³-hybridized carbons (Fsp3) is 0.500. The summed E-state index contributed by atoms with van der Waals surface area (Å²) < 4.78 is 13.0. The Morgan fingerprint density at radius 3 is 2.65 bits per heavy atom. The summed E-state index contributed by atoms with van der Waals surface area (Å²) >= 11 is 0. The van der Waals surface area contributed by atoms with E-state index in [0.717, 1.165) is 19.3 Å². The van der Waals surface area contributed by atoms with E-state index in [9.17, 15) is 14.3 Å². The van der Waals surface area contributed by atoms with Crippen LogP contribution in [0, 0.1) is 5.82 Å². The van der Waals surface area contributed by atoms with Gasteiger partial charge in [0.05, 0.1) is 0 Å². The second kappa shape index (κ2) is 4.96. The zero-order valence-electron chi connectivity index (χ0n) is 9.79. The largest absolute Gasteiger partial charge is 0.382 e. The van der Waals surface area contributed by atoms with Gasteiger partial charge in [-0.15, -0.1) is 0 Å². The molecule has 3 heteroatoms. The summed E-state index contributed by atoms with van der Waals surface area (Å²) in [6, 6.07) is 6.00. The predicted molar refractivity (Wildman–Crippen MR) is 63.1 cm³/mol. The molecule has 0 bridgehead atoms. The van der Waals surface area contributed by atoms with E-state index in [1.54, 1.807) is 12.1 Å². The van der Waals surface area contributed by atoms with Crippen LogP contribution in [0.5, 0.6) is 0 Å². The summed E-state index contributed by atoms with van der Waals surface area (Å²) in [6.07, 6.45) is 4.07. The molecule has 2 nitrogen and oxygen atoms in total. The maximum absolute atomic E-state index is 13.0. The molecule has 0 heterocycles. The van der Waals surface area contributed by atoms with Gasteiger partial charge in [-0.25, -0.2) is 4.39 Å². The molecule has 0 radical (unpaired) electrons. The highest BCUT2D eigenvalue weighted by molar-refractivity contribution is 5.89. The standard InChI is InChI=1S/C14H17FO2/c15-12-6-4-5-11(9-12)10-13(16)14(17)7-2-1-3-8-14/h4-6,9,17H,1-3,7-8,10H2. The zero-order valence-corrected chi connectivity index (χ0v) is 9.79. The first kappa shape index (κ1) is 12.2. The van der Waals surface area contributed by atoms with Crippen molar-refractivity contribution in [1.82, 2.24) is 0 Å². The molecular formula is C14H17FO2. The molecule has 0 amide bonds. The van der Waals surface area contributed by atoms with Gasteiger partial charge in [0.1, 0.15) is 11.4 Å². The summed E-state index contributed by atoms with van der Waals surface area (Å²) in [4.78, 5) is 12.0. The third kappa shape index (κ3) is 2.91. The van der Waals surface area contributed by atoms with E-state index >= 15 is 0 Å². The Balaban J connectivity index is 2.05. The van der Waals surface area contributed by atoms with Crippen molar-refractivity contribution < 1.29 is 14.3 Å². The smallest absolute Gasteiger partial charge is 0.168 e. The van der Waals surface area contributed by atoms with Crippen LogP contribution in [-0.4, -0.2) is 16.5 Å². The van der Waals surface area contributed by atoms with Gasteiger partial charge >= 0.3 is 0 Å². The Bertz CT molecular complexity index is 408. The minimum absolute atomic E-state index is 0.119. The summed E-state index contributed by atoms with van der Waals surface area (Å²) in [6.45, 7) is 0. The number of hydrogen-bond donors (Lipinski definition) is 1. The van der Waals surface area contributed by atoms with Crippen LogP contribution in [-0.2, 0) is 11.2 Å². The van der Waals surface area contributed by atoms with E-state index < -0.39 is 5.60 Å². The lowest BCUT2D eigenvalue weighted by molar-refractivity contribution is -0.139. The van der Waals surface area contributed by atoms with Crippen LogP contribution in [0.3, 0.4) is 0 Å². The van der Waals surface area contributed by atoms with E-state index in [1.807, 2.05) is 0 Å². The van der Waals surface area contributed by atoms with Gasteiger partial charge in [0.2, 0.25) is 0 Å². The lowest BCUT2D eigenvalue weighted by Crippen LogP contribution is -2.41. The van der Waals surface area contributed by atoms with Crippen LogP contribution in [0.25, 0.3) is 0 Å². The topological polar surface area (TPSA) is 37.3 Å². The fourth-order valence-electron chi connectivity index (χ4n) is 2.41. The molecule has 1 aliphatic rings. The van der Waals surface area contributed by atoms with Gasteiger partial charge in [-0.2, -0.15) is 0 Å². The third-order valence-electron chi connectivity index (χ3n) is 3.45. The van der Waals surface area contributed by atoms with Crippen molar-refractivity contribution in [2.24, 2.45) is 0 Å². The van der Waals surface area contributed by atoms with Crippen molar-refractivity contribution in [2.45, 2.75) is 44.1 Å². The number of carbonyl (C=O) groups is 1.